The molecule has 1 heterocycles. The molecule has 0 aliphatic heterocycles. The van der Waals surface area contributed by atoms with E-state index in [1.165, 1.54) is 50.1 Å². The third-order valence-electron chi connectivity index (χ3n) is 5.68. The normalized spacial score (nSPS) is 12.7. The lowest BCUT2D eigenvalue weighted by Gasteiger charge is -2.16. The van der Waals surface area contributed by atoms with Gasteiger partial charge in [-0.2, -0.15) is 0 Å². The molecule has 0 bridgehead atoms. The van der Waals surface area contributed by atoms with E-state index in [2.05, 4.69) is 86.7 Å². The van der Waals surface area contributed by atoms with Crippen LogP contribution in [0.3, 0.4) is 0 Å². The number of hydrogen-bond acceptors (Lipinski definition) is 1. The van der Waals surface area contributed by atoms with E-state index in [1.807, 2.05) is 6.07 Å². The van der Waals surface area contributed by atoms with Crippen molar-refractivity contribution in [1.82, 2.24) is 0 Å². The summed E-state index contributed by atoms with van der Waals surface area (Å²) in [5.74, 6) is 1.01. The molecule has 1 aliphatic rings. The van der Waals surface area contributed by atoms with Crippen molar-refractivity contribution in [2.75, 3.05) is 0 Å². The molecule has 1 heteroatoms. The van der Waals surface area contributed by atoms with Crippen molar-refractivity contribution in [3.8, 4) is 22.3 Å². The number of benzene rings is 3. The molecule has 1 aromatic heterocycles. The second-order valence-corrected chi connectivity index (χ2v) is 7.52. The summed E-state index contributed by atoms with van der Waals surface area (Å²) in [6, 6.07) is 25.9. The SMILES string of the molecule is Cc1ccoc1C1=Cc2c(ccc(C)c2-c2ccccc2-c2ccccc2)C1. The van der Waals surface area contributed by atoms with Crippen molar-refractivity contribution in [3.05, 3.63) is 107 Å². The van der Waals surface area contributed by atoms with Crippen LogP contribution in [-0.4, -0.2) is 0 Å². The molecule has 0 saturated carbocycles. The number of allylic oxidation sites excluding steroid dienone is 1. The predicted molar refractivity (Wildman–Crippen MR) is 117 cm³/mol. The molecule has 3 aromatic carbocycles. The molecule has 1 nitrogen and oxygen atoms in total. The summed E-state index contributed by atoms with van der Waals surface area (Å²) in [4.78, 5) is 0. The number of fused-ring (bicyclic) bond motifs is 1. The van der Waals surface area contributed by atoms with Gasteiger partial charge >= 0.3 is 0 Å². The average molecular weight is 362 g/mol. The van der Waals surface area contributed by atoms with Crippen LogP contribution in [0.2, 0.25) is 0 Å². The Hall–Kier alpha value is -3.32. The highest BCUT2D eigenvalue weighted by Crippen LogP contribution is 2.43. The third kappa shape index (κ3) is 2.71. The van der Waals surface area contributed by atoms with E-state index in [4.69, 9.17) is 4.42 Å². The van der Waals surface area contributed by atoms with Crippen molar-refractivity contribution in [2.24, 2.45) is 0 Å². The summed E-state index contributed by atoms with van der Waals surface area (Å²) in [6.07, 6.45) is 5.03. The molecule has 4 aromatic rings. The standard InChI is InChI=1S/C27H22O/c1-18-12-13-21-16-22(27-19(2)14-15-28-27)17-25(21)26(18)24-11-7-6-10-23(24)20-8-4-3-5-9-20/h3-15,17H,16H2,1-2H3. The minimum Gasteiger partial charge on any atom is -0.464 e. The third-order valence-corrected chi connectivity index (χ3v) is 5.68. The second-order valence-electron chi connectivity index (χ2n) is 7.52. The number of aryl methyl sites for hydroxylation is 2. The zero-order valence-electron chi connectivity index (χ0n) is 16.2. The Morgan fingerprint density at radius 2 is 1.46 bits per heavy atom. The minimum atomic E-state index is 0.921. The molecule has 0 saturated heterocycles. The first-order chi connectivity index (χ1) is 13.7. The molecule has 0 spiro atoms. The molecule has 28 heavy (non-hydrogen) atoms. The Labute approximate surface area is 166 Å². The van der Waals surface area contributed by atoms with Gasteiger partial charge in [0.2, 0.25) is 0 Å². The van der Waals surface area contributed by atoms with Crippen LogP contribution in [0, 0.1) is 13.8 Å². The van der Waals surface area contributed by atoms with Gasteiger partial charge in [-0.25, -0.2) is 0 Å². The summed E-state index contributed by atoms with van der Waals surface area (Å²) < 4.78 is 5.78. The van der Waals surface area contributed by atoms with Crippen molar-refractivity contribution >= 4 is 11.6 Å². The van der Waals surface area contributed by atoms with Crippen molar-refractivity contribution < 1.29 is 4.42 Å². The van der Waals surface area contributed by atoms with E-state index >= 15 is 0 Å². The van der Waals surface area contributed by atoms with Crippen LogP contribution in [0.5, 0.6) is 0 Å². The predicted octanol–water partition coefficient (Wildman–Crippen LogP) is 7.33. The summed E-state index contributed by atoms with van der Waals surface area (Å²) in [5, 5.41) is 0. The van der Waals surface area contributed by atoms with Crippen LogP contribution in [0.1, 0.15) is 28.0 Å². The van der Waals surface area contributed by atoms with Gasteiger partial charge < -0.3 is 4.42 Å². The summed E-state index contributed by atoms with van der Waals surface area (Å²) >= 11 is 0. The van der Waals surface area contributed by atoms with Gasteiger partial charge in [-0.05, 0) is 70.5 Å². The van der Waals surface area contributed by atoms with Crippen LogP contribution in [0.25, 0.3) is 33.9 Å². The highest BCUT2D eigenvalue weighted by molar-refractivity contribution is 5.97. The van der Waals surface area contributed by atoms with Crippen molar-refractivity contribution in [1.29, 1.82) is 0 Å². The summed E-state index contributed by atoms with van der Waals surface area (Å²) in [7, 11) is 0. The van der Waals surface area contributed by atoms with E-state index in [1.54, 1.807) is 6.26 Å². The first kappa shape index (κ1) is 16.8. The number of rotatable bonds is 3. The monoisotopic (exact) mass is 362 g/mol. The maximum atomic E-state index is 5.78. The quantitative estimate of drug-likeness (QED) is 0.372. The van der Waals surface area contributed by atoms with Gasteiger partial charge in [-0.3, -0.25) is 0 Å². The van der Waals surface area contributed by atoms with Gasteiger partial charge in [0.1, 0.15) is 5.76 Å². The smallest absolute Gasteiger partial charge is 0.133 e. The molecule has 0 amide bonds. The van der Waals surface area contributed by atoms with Crippen LogP contribution >= 0.6 is 0 Å². The first-order valence-corrected chi connectivity index (χ1v) is 9.75. The molecule has 136 valence electrons. The van der Waals surface area contributed by atoms with Crippen LogP contribution < -0.4 is 0 Å². The Bertz CT molecular complexity index is 1190. The maximum absolute atomic E-state index is 5.78. The van der Waals surface area contributed by atoms with E-state index < -0.39 is 0 Å². The fraction of sp³-hybridized carbons (Fsp3) is 0.111. The highest BCUT2D eigenvalue weighted by atomic mass is 16.3. The average Bonchev–Trinajstić information content (AvgIpc) is 3.34. The summed E-state index contributed by atoms with van der Waals surface area (Å²) in [6.45, 7) is 4.32. The van der Waals surface area contributed by atoms with E-state index in [0.29, 0.717) is 0 Å². The topological polar surface area (TPSA) is 13.1 Å². The molecule has 0 atom stereocenters. The van der Waals surface area contributed by atoms with Gasteiger partial charge in [0.05, 0.1) is 6.26 Å². The minimum absolute atomic E-state index is 0.921. The lowest BCUT2D eigenvalue weighted by Crippen LogP contribution is -1.93. The van der Waals surface area contributed by atoms with E-state index in [0.717, 1.165) is 12.2 Å². The zero-order chi connectivity index (χ0) is 19.1. The molecular weight excluding hydrogens is 340 g/mol. The van der Waals surface area contributed by atoms with Gasteiger partial charge in [0.25, 0.3) is 0 Å². The van der Waals surface area contributed by atoms with Gasteiger partial charge in [0.15, 0.2) is 0 Å². The Kier molecular flexibility index (Phi) is 4.02. The second kappa shape index (κ2) is 6.69. The van der Waals surface area contributed by atoms with Crippen LogP contribution in [-0.2, 0) is 6.42 Å². The fourth-order valence-electron chi connectivity index (χ4n) is 4.30. The van der Waals surface area contributed by atoms with E-state index in [9.17, 15) is 0 Å². The van der Waals surface area contributed by atoms with Crippen LogP contribution in [0.15, 0.2) is 83.5 Å². The Balaban J connectivity index is 1.72. The molecule has 0 fully saturated rings. The summed E-state index contributed by atoms with van der Waals surface area (Å²) in [5.41, 5.74) is 11.6. The van der Waals surface area contributed by atoms with Gasteiger partial charge in [0, 0.05) is 12.0 Å². The van der Waals surface area contributed by atoms with Crippen molar-refractivity contribution in [2.45, 2.75) is 20.3 Å². The van der Waals surface area contributed by atoms with Gasteiger partial charge in [-0.1, -0.05) is 66.7 Å². The highest BCUT2D eigenvalue weighted by Gasteiger charge is 2.23. The Morgan fingerprint density at radius 1 is 0.714 bits per heavy atom. The molecule has 0 unspecified atom stereocenters. The lowest BCUT2D eigenvalue weighted by molar-refractivity contribution is 0.550. The first-order valence-electron chi connectivity index (χ1n) is 9.75. The molecule has 0 radical (unpaired) electrons. The molecular formula is C27H22O. The molecule has 5 rings (SSSR count). The Morgan fingerprint density at radius 3 is 2.21 bits per heavy atom. The number of furan rings is 1. The molecule has 1 aliphatic carbocycles. The van der Waals surface area contributed by atoms with E-state index in [-0.39, 0.29) is 0 Å². The molecule has 0 N–H and O–H groups in total. The lowest BCUT2D eigenvalue weighted by atomic mass is 9.88. The largest absolute Gasteiger partial charge is 0.464 e. The van der Waals surface area contributed by atoms with Crippen molar-refractivity contribution in [3.63, 3.8) is 0 Å². The number of hydrogen-bond donors (Lipinski definition) is 0. The fourth-order valence-corrected chi connectivity index (χ4v) is 4.30. The van der Waals surface area contributed by atoms with Gasteiger partial charge in [-0.15, -0.1) is 0 Å². The zero-order valence-corrected chi connectivity index (χ0v) is 16.2. The maximum Gasteiger partial charge on any atom is 0.133 e. The van der Waals surface area contributed by atoms with Crippen LogP contribution in [0.4, 0.5) is 0 Å².